The number of guanidine groups is 1. The van der Waals surface area contributed by atoms with Gasteiger partial charge in [0.15, 0.2) is 5.96 Å². The van der Waals surface area contributed by atoms with E-state index in [9.17, 15) is 4.39 Å². The van der Waals surface area contributed by atoms with Gasteiger partial charge < -0.3 is 15.4 Å². The third-order valence-electron chi connectivity index (χ3n) is 4.30. The summed E-state index contributed by atoms with van der Waals surface area (Å²) in [5.41, 5.74) is 3.38. The molecule has 2 aromatic carbocycles. The molecule has 1 aliphatic heterocycles. The first-order valence-electron chi connectivity index (χ1n) is 8.57. The van der Waals surface area contributed by atoms with Crippen LogP contribution in [0.5, 0.6) is 5.75 Å². The van der Waals surface area contributed by atoms with Gasteiger partial charge in [-0.15, -0.1) is 24.0 Å². The van der Waals surface area contributed by atoms with Crippen LogP contribution in [0.4, 0.5) is 4.39 Å². The van der Waals surface area contributed by atoms with E-state index in [-0.39, 0.29) is 36.3 Å². The van der Waals surface area contributed by atoms with Crippen LogP contribution in [0.3, 0.4) is 0 Å². The molecule has 0 aromatic heterocycles. The standard InChI is InChI=1S/C20H21FN4O.HI/c1-23-20(25-13-17-11-15(12-22)2-4-18(17)21)24-8-6-14-3-5-19-16(10-14)7-9-26-19;/h2-5,10-11H,6-9,13H2,1H3,(H2,23,24,25);1H. The van der Waals surface area contributed by atoms with Crippen LogP contribution >= 0.6 is 24.0 Å². The molecule has 0 bridgehead atoms. The van der Waals surface area contributed by atoms with Gasteiger partial charge in [0.05, 0.1) is 18.2 Å². The normalized spacial score (nSPS) is 12.4. The van der Waals surface area contributed by atoms with E-state index >= 15 is 0 Å². The van der Waals surface area contributed by atoms with E-state index in [1.165, 1.54) is 23.3 Å². The molecule has 0 spiro atoms. The van der Waals surface area contributed by atoms with Gasteiger partial charge in [-0.25, -0.2) is 4.39 Å². The molecule has 1 aliphatic rings. The Labute approximate surface area is 175 Å². The van der Waals surface area contributed by atoms with Gasteiger partial charge in [-0.05, 0) is 41.8 Å². The van der Waals surface area contributed by atoms with Crippen molar-refractivity contribution >= 4 is 29.9 Å². The predicted molar refractivity (Wildman–Crippen MR) is 114 cm³/mol. The number of hydrogen-bond donors (Lipinski definition) is 2. The Morgan fingerprint density at radius 1 is 1.26 bits per heavy atom. The van der Waals surface area contributed by atoms with Gasteiger partial charge >= 0.3 is 0 Å². The maximum Gasteiger partial charge on any atom is 0.191 e. The Morgan fingerprint density at radius 2 is 2.11 bits per heavy atom. The van der Waals surface area contributed by atoms with Gasteiger partial charge in [0.1, 0.15) is 11.6 Å². The minimum absolute atomic E-state index is 0. The molecule has 0 saturated carbocycles. The summed E-state index contributed by atoms with van der Waals surface area (Å²) in [4.78, 5) is 4.15. The Bertz CT molecular complexity index is 864. The van der Waals surface area contributed by atoms with Crippen LogP contribution in [0, 0.1) is 17.1 Å². The Kier molecular flexibility index (Phi) is 7.85. The summed E-state index contributed by atoms with van der Waals surface area (Å²) >= 11 is 0. The second kappa shape index (κ2) is 10.1. The number of fused-ring (bicyclic) bond motifs is 1. The first kappa shape index (κ1) is 21.0. The third-order valence-corrected chi connectivity index (χ3v) is 4.30. The SMILES string of the molecule is CN=C(NCCc1ccc2c(c1)CCO2)NCc1cc(C#N)ccc1F.I. The minimum atomic E-state index is -0.340. The van der Waals surface area contributed by atoms with Crippen molar-refractivity contribution < 1.29 is 9.13 Å². The molecule has 1 heterocycles. The lowest BCUT2D eigenvalue weighted by Crippen LogP contribution is -2.38. The first-order chi connectivity index (χ1) is 12.7. The van der Waals surface area contributed by atoms with Crippen LogP contribution in [0.15, 0.2) is 41.4 Å². The quantitative estimate of drug-likeness (QED) is 0.392. The fourth-order valence-electron chi connectivity index (χ4n) is 2.90. The number of hydrogen-bond acceptors (Lipinski definition) is 3. The Balaban J connectivity index is 0.00000261. The summed E-state index contributed by atoms with van der Waals surface area (Å²) in [6.45, 7) is 1.73. The van der Waals surface area contributed by atoms with Crippen LogP contribution in [0.2, 0.25) is 0 Å². The fourth-order valence-corrected chi connectivity index (χ4v) is 2.90. The number of nitriles is 1. The Hall–Kier alpha value is -2.34. The predicted octanol–water partition coefficient (Wildman–Crippen LogP) is 3.16. The van der Waals surface area contributed by atoms with Crippen LogP contribution in [0.25, 0.3) is 0 Å². The largest absolute Gasteiger partial charge is 0.493 e. The highest BCUT2D eigenvalue weighted by molar-refractivity contribution is 14.0. The zero-order valence-corrected chi connectivity index (χ0v) is 17.4. The van der Waals surface area contributed by atoms with E-state index in [4.69, 9.17) is 10.00 Å². The lowest BCUT2D eigenvalue weighted by molar-refractivity contribution is 0.357. The fraction of sp³-hybridized carbons (Fsp3) is 0.300. The summed E-state index contributed by atoms with van der Waals surface area (Å²) in [6, 6.07) is 12.6. The lowest BCUT2D eigenvalue weighted by Gasteiger charge is -2.13. The van der Waals surface area contributed by atoms with Crippen molar-refractivity contribution in [1.29, 1.82) is 5.26 Å². The van der Waals surface area contributed by atoms with Crippen molar-refractivity contribution in [3.05, 3.63) is 64.5 Å². The van der Waals surface area contributed by atoms with Gasteiger partial charge in [0.2, 0.25) is 0 Å². The zero-order chi connectivity index (χ0) is 18.4. The molecule has 7 heteroatoms. The van der Waals surface area contributed by atoms with E-state index in [1.807, 2.05) is 12.1 Å². The van der Waals surface area contributed by atoms with Crippen molar-refractivity contribution in [3.63, 3.8) is 0 Å². The molecule has 0 saturated heterocycles. The lowest BCUT2D eigenvalue weighted by atomic mass is 10.1. The number of halogens is 2. The topological polar surface area (TPSA) is 69.4 Å². The summed E-state index contributed by atoms with van der Waals surface area (Å²) in [5.74, 6) is 1.24. The maximum absolute atomic E-state index is 13.8. The summed E-state index contributed by atoms with van der Waals surface area (Å²) in [6.07, 6.45) is 1.82. The third kappa shape index (κ3) is 5.57. The number of nitrogens with zero attached hydrogens (tertiary/aromatic N) is 2. The number of benzene rings is 2. The maximum atomic E-state index is 13.8. The number of aliphatic imine (C=N–C) groups is 1. The monoisotopic (exact) mass is 480 g/mol. The van der Waals surface area contributed by atoms with Crippen LogP contribution in [0.1, 0.15) is 22.3 Å². The van der Waals surface area contributed by atoms with Gasteiger partial charge in [0, 0.05) is 32.1 Å². The molecule has 2 aromatic rings. The molecule has 0 unspecified atom stereocenters. The molecule has 27 heavy (non-hydrogen) atoms. The minimum Gasteiger partial charge on any atom is -0.493 e. The van der Waals surface area contributed by atoms with Crippen molar-refractivity contribution in [2.45, 2.75) is 19.4 Å². The molecule has 2 N–H and O–H groups in total. The highest BCUT2D eigenvalue weighted by Gasteiger charge is 2.12. The molecule has 5 nitrogen and oxygen atoms in total. The van der Waals surface area contributed by atoms with Crippen LogP contribution in [-0.4, -0.2) is 26.2 Å². The second-order valence-electron chi connectivity index (χ2n) is 6.06. The second-order valence-corrected chi connectivity index (χ2v) is 6.06. The summed E-state index contributed by atoms with van der Waals surface area (Å²) in [5, 5.41) is 15.2. The molecular weight excluding hydrogens is 458 g/mol. The zero-order valence-electron chi connectivity index (χ0n) is 15.1. The van der Waals surface area contributed by atoms with Gasteiger partial charge in [-0.3, -0.25) is 4.99 Å². The summed E-state index contributed by atoms with van der Waals surface area (Å²) < 4.78 is 19.3. The van der Waals surface area contributed by atoms with Crippen LogP contribution < -0.4 is 15.4 Å². The van der Waals surface area contributed by atoms with E-state index in [1.54, 1.807) is 13.1 Å². The smallest absolute Gasteiger partial charge is 0.191 e. The van der Waals surface area contributed by atoms with Gasteiger partial charge in [-0.1, -0.05) is 12.1 Å². The first-order valence-corrected chi connectivity index (χ1v) is 8.57. The molecular formula is C20H22FIN4O. The number of nitrogens with one attached hydrogen (secondary N) is 2. The molecule has 142 valence electrons. The number of rotatable bonds is 5. The molecule has 0 aliphatic carbocycles. The van der Waals surface area contributed by atoms with E-state index in [0.29, 0.717) is 23.6 Å². The molecule has 0 fully saturated rings. The van der Waals surface area contributed by atoms with Crippen molar-refractivity contribution in [3.8, 4) is 11.8 Å². The van der Waals surface area contributed by atoms with Crippen molar-refractivity contribution in [2.24, 2.45) is 4.99 Å². The summed E-state index contributed by atoms with van der Waals surface area (Å²) in [7, 11) is 1.67. The van der Waals surface area contributed by atoms with Crippen LogP contribution in [-0.2, 0) is 19.4 Å². The number of ether oxygens (including phenoxy) is 1. The van der Waals surface area contributed by atoms with Crippen molar-refractivity contribution in [1.82, 2.24) is 10.6 Å². The average Bonchev–Trinajstić information content (AvgIpc) is 3.13. The molecule has 0 atom stereocenters. The highest BCUT2D eigenvalue weighted by atomic mass is 127. The van der Waals surface area contributed by atoms with Gasteiger partial charge in [0.25, 0.3) is 0 Å². The van der Waals surface area contributed by atoms with E-state index < -0.39 is 0 Å². The van der Waals surface area contributed by atoms with Gasteiger partial charge in [-0.2, -0.15) is 5.26 Å². The molecule has 0 radical (unpaired) electrons. The average molecular weight is 480 g/mol. The molecule has 0 amide bonds. The Morgan fingerprint density at radius 3 is 2.89 bits per heavy atom. The van der Waals surface area contributed by atoms with E-state index in [2.05, 4.69) is 27.8 Å². The highest BCUT2D eigenvalue weighted by Crippen LogP contribution is 2.25. The van der Waals surface area contributed by atoms with Crippen molar-refractivity contribution in [2.75, 3.05) is 20.2 Å². The molecule has 3 rings (SSSR count). The van der Waals surface area contributed by atoms with E-state index in [0.717, 1.165) is 25.2 Å².